The molecule has 0 unspecified atom stereocenters. The van der Waals surface area contributed by atoms with Gasteiger partial charge >= 0.3 is 0 Å². The molecule has 0 spiro atoms. The summed E-state index contributed by atoms with van der Waals surface area (Å²) >= 11 is 1.99. The van der Waals surface area contributed by atoms with E-state index in [0.29, 0.717) is 28.8 Å². The Labute approximate surface area is 149 Å². The number of rotatable bonds is 2. The summed E-state index contributed by atoms with van der Waals surface area (Å²) in [5, 5.41) is 0.438. The second-order valence-electron chi connectivity index (χ2n) is 8.59. The monoisotopic (exact) mass is 344 g/mol. The minimum atomic E-state index is -0.0750. The number of fused-ring (bicyclic) bond motifs is 5. The Bertz CT molecular complexity index is 648. The quantitative estimate of drug-likeness (QED) is 0.734. The largest absolute Gasteiger partial charge is 0.299 e. The first-order valence-corrected chi connectivity index (χ1v) is 10.5. The molecule has 0 aliphatic heterocycles. The fraction of sp³-hybridized carbons (Fsp3) is 0.714. The van der Waals surface area contributed by atoms with Crippen LogP contribution in [0.1, 0.15) is 52.9 Å². The van der Waals surface area contributed by atoms with Crippen LogP contribution in [-0.2, 0) is 9.59 Å². The van der Waals surface area contributed by atoms with Crippen molar-refractivity contribution in [3.8, 4) is 0 Å². The van der Waals surface area contributed by atoms with Crippen molar-refractivity contribution in [3.05, 3.63) is 23.8 Å². The topological polar surface area (TPSA) is 34.1 Å². The molecule has 0 aromatic heterocycles. The molecule has 3 saturated carbocycles. The van der Waals surface area contributed by atoms with Crippen molar-refractivity contribution in [3.63, 3.8) is 0 Å². The van der Waals surface area contributed by atoms with Gasteiger partial charge in [0.05, 0.1) is 0 Å². The van der Waals surface area contributed by atoms with Crippen molar-refractivity contribution in [1.82, 2.24) is 0 Å². The molecule has 2 nitrogen and oxygen atoms in total. The molecule has 0 amide bonds. The van der Waals surface area contributed by atoms with Gasteiger partial charge in [-0.15, -0.1) is 0 Å². The Morgan fingerprint density at radius 1 is 1.21 bits per heavy atom. The first-order valence-electron chi connectivity index (χ1n) is 9.50. The predicted molar refractivity (Wildman–Crippen MR) is 98.9 cm³/mol. The van der Waals surface area contributed by atoms with E-state index in [9.17, 15) is 9.59 Å². The van der Waals surface area contributed by atoms with E-state index in [-0.39, 0.29) is 16.6 Å². The smallest absolute Gasteiger partial charge is 0.178 e. The molecule has 0 heterocycles. The van der Waals surface area contributed by atoms with Gasteiger partial charge in [0, 0.05) is 22.5 Å². The summed E-state index contributed by atoms with van der Waals surface area (Å²) in [5.41, 5.74) is 1.29. The van der Waals surface area contributed by atoms with E-state index in [1.54, 1.807) is 6.08 Å². The summed E-state index contributed by atoms with van der Waals surface area (Å²) in [6.45, 7) is 6.79. The zero-order valence-corrected chi connectivity index (χ0v) is 15.8. The molecule has 130 valence electrons. The Hall–Kier alpha value is -0.830. The van der Waals surface area contributed by atoms with E-state index in [1.807, 2.05) is 17.8 Å². The van der Waals surface area contributed by atoms with Gasteiger partial charge in [-0.2, -0.15) is 11.8 Å². The Morgan fingerprint density at radius 3 is 2.75 bits per heavy atom. The maximum atomic E-state index is 12.5. The highest BCUT2D eigenvalue weighted by molar-refractivity contribution is 8.00. The molecule has 4 aliphatic rings. The number of ketones is 2. The number of Topliss-reactive ketones (excluding diaryl/α,β-unsaturated/α-hetero) is 1. The fourth-order valence-corrected chi connectivity index (χ4v) is 7.61. The van der Waals surface area contributed by atoms with Crippen molar-refractivity contribution < 1.29 is 9.59 Å². The molecule has 3 heteroatoms. The third-order valence-electron chi connectivity index (χ3n) is 7.63. The number of thioether (sulfide) groups is 1. The molecule has 4 rings (SSSR count). The van der Waals surface area contributed by atoms with Crippen LogP contribution in [0.15, 0.2) is 23.8 Å². The van der Waals surface area contributed by atoms with Gasteiger partial charge in [-0.3, -0.25) is 9.59 Å². The highest BCUT2D eigenvalue weighted by Crippen LogP contribution is 2.64. The van der Waals surface area contributed by atoms with Crippen LogP contribution in [0, 0.1) is 28.6 Å². The zero-order chi connectivity index (χ0) is 17.1. The molecule has 0 saturated heterocycles. The summed E-state index contributed by atoms with van der Waals surface area (Å²) in [7, 11) is 0. The van der Waals surface area contributed by atoms with Gasteiger partial charge in [-0.1, -0.05) is 26.8 Å². The average molecular weight is 345 g/mol. The highest BCUT2D eigenvalue weighted by atomic mass is 32.2. The standard InChI is InChI=1S/C21H28O2S/c1-4-24-18-12-14-15-5-6-19(23)21(15,3)10-8-16(14)20(2)9-7-13(22)11-17(18)20/h7,9,11,14-16,18H,4-6,8,10,12H2,1-3H3/t14-,15-,16-,18-,20+,21-/m0/s1. The molecule has 0 radical (unpaired) electrons. The van der Waals surface area contributed by atoms with Gasteiger partial charge in [0.2, 0.25) is 0 Å². The molecule has 4 aliphatic carbocycles. The molecule has 3 fully saturated rings. The Balaban J connectivity index is 1.75. The first-order chi connectivity index (χ1) is 11.4. The normalized spacial score (nSPS) is 47.0. The molecule has 0 aromatic rings. The number of carbonyl (C=O) groups is 2. The summed E-state index contributed by atoms with van der Waals surface area (Å²) in [5.74, 6) is 3.50. The lowest BCUT2D eigenvalue weighted by atomic mass is 9.48. The third kappa shape index (κ3) is 2.16. The van der Waals surface area contributed by atoms with Crippen LogP contribution in [-0.4, -0.2) is 22.6 Å². The number of hydrogen-bond donors (Lipinski definition) is 0. The minimum absolute atomic E-state index is 0.0105. The van der Waals surface area contributed by atoms with Gasteiger partial charge in [0.15, 0.2) is 5.78 Å². The zero-order valence-electron chi connectivity index (χ0n) is 15.0. The van der Waals surface area contributed by atoms with E-state index >= 15 is 0 Å². The summed E-state index contributed by atoms with van der Waals surface area (Å²) in [4.78, 5) is 24.6. The maximum absolute atomic E-state index is 12.5. The second kappa shape index (κ2) is 5.59. The van der Waals surface area contributed by atoms with E-state index in [0.717, 1.165) is 37.9 Å². The molecule has 0 aromatic carbocycles. The van der Waals surface area contributed by atoms with Crippen LogP contribution in [0.25, 0.3) is 0 Å². The van der Waals surface area contributed by atoms with E-state index < -0.39 is 0 Å². The molecule has 0 bridgehead atoms. The van der Waals surface area contributed by atoms with Crippen LogP contribution < -0.4 is 0 Å². The lowest BCUT2D eigenvalue weighted by molar-refractivity contribution is -0.131. The van der Waals surface area contributed by atoms with Crippen molar-refractivity contribution >= 4 is 23.3 Å². The fourth-order valence-electron chi connectivity index (χ4n) is 6.35. The Kier molecular flexibility index (Phi) is 3.87. The van der Waals surface area contributed by atoms with Crippen LogP contribution in [0.2, 0.25) is 0 Å². The van der Waals surface area contributed by atoms with Gasteiger partial charge in [0.25, 0.3) is 0 Å². The van der Waals surface area contributed by atoms with Crippen molar-refractivity contribution in [1.29, 1.82) is 0 Å². The maximum Gasteiger partial charge on any atom is 0.178 e. The van der Waals surface area contributed by atoms with Crippen molar-refractivity contribution in [2.75, 3.05) is 5.75 Å². The van der Waals surface area contributed by atoms with Gasteiger partial charge in [0.1, 0.15) is 5.78 Å². The van der Waals surface area contributed by atoms with E-state index in [2.05, 4.69) is 26.8 Å². The average Bonchev–Trinajstić information content (AvgIpc) is 2.85. The second-order valence-corrected chi connectivity index (χ2v) is 10.1. The SMILES string of the molecule is CCS[C@H]1C[C@@H]2[C@H](CC[C@]3(C)C(=O)CC[C@@H]23)[C@@]2(C)C=CC(=O)C=C12. The van der Waals surface area contributed by atoms with Crippen LogP contribution in [0.5, 0.6) is 0 Å². The summed E-state index contributed by atoms with van der Waals surface area (Å²) < 4.78 is 0. The lowest BCUT2D eigenvalue weighted by Gasteiger charge is -2.57. The van der Waals surface area contributed by atoms with Gasteiger partial charge in [-0.25, -0.2) is 0 Å². The number of hydrogen-bond acceptors (Lipinski definition) is 3. The first kappa shape index (κ1) is 16.6. The number of carbonyl (C=O) groups excluding carboxylic acids is 2. The lowest BCUT2D eigenvalue weighted by Crippen LogP contribution is -2.52. The minimum Gasteiger partial charge on any atom is -0.299 e. The van der Waals surface area contributed by atoms with Crippen molar-refractivity contribution in [2.45, 2.75) is 58.1 Å². The van der Waals surface area contributed by atoms with Crippen molar-refractivity contribution in [2.24, 2.45) is 28.6 Å². The van der Waals surface area contributed by atoms with E-state index in [4.69, 9.17) is 0 Å². The summed E-state index contributed by atoms with van der Waals surface area (Å²) in [6.07, 6.45) is 11.1. The molecular formula is C21H28O2S. The van der Waals surface area contributed by atoms with Crippen LogP contribution >= 0.6 is 11.8 Å². The molecule has 24 heavy (non-hydrogen) atoms. The third-order valence-corrected chi connectivity index (χ3v) is 8.81. The predicted octanol–water partition coefficient (Wildman–Crippen LogP) is 4.60. The highest BCUT2D eigenvalue weighted by Gasteiger charge is 2.59. The van der Waals surface area contributed by atoms with E-state index in [1.165, 1.54) is 5.57 Å². The number of allylic oxidation sites excluding steroid dienone is 3. The molecule has 0 N–H and O–H groups in total. The van der Waals surface area contributed by atoms with Crippen LogP contribution in [0.3, 0.4) is 0 Å². The van der Waals surface area contributed by atoms with Gasteiger partial charge < -0.3 is 0 Å². The summed E-state index contributed by atoms with van der Waals surface area (Å²) in [6, 6.07) is 0. The molecule has 6 atom stereocenters. The Morgan fingerprint density at radius 2 is 2.00 bits per heavy atom. The van der Waals surface area contributed by atoms with Crippen LogP contribution in [0.4, 0.5) is 0 Å². The molecular weight excluding hydrogens is 316 g/mol. The van der Waals surface area contributed by atoms with Gasteiger partial charge in [-0.05, 0) is 66.9 Å².